The molecule has 0 fully saturated rings. The van der Waals surface area contributed by atoms with Crippen LogP contribution in [0.15, 0.2) is 54.6 Å². The Kier molecular flexibility index (Phi) is 4.91. The number of nitrogens with one attached hydrogen (secondary N) is 2. The van der Waals surface area contributed by atoms with Crippen LogP contribution in [0.25, 0.3) is 0 Å². The molecule has 2 aromatic carbocycles. The molecular formula is C18H12ClN3O5. The molecule has 1 aromatic heterocycles. The molecule has 0 radical (unpaired) electrons. The molecule has 1 heterocycles. The summed E-state index contributed by atoms with van der Waals surface area (Å²) in [5.74, 6) is -1.11. The molecule has 136 valence electrons. The Hall–Kier alpha value is -3.65. The van der Waals surface area contributed by atoms with Gasteiger partial charge in [-0.1, -0.05) is 17.7 Å². The first kappa shape index (κ1) is 18.2. The second kappa shape index (κ2) is 7.30. The van der Waals surface area contributed by atoms with Gasteiger partial charge >= 0.3 is 0 Å². The molecule has 0 aliphatic carbocycles. The number of phenols is 1. The van der Waals surface area contributed by atoms with Crippen LogP contribution < -0.4 is 5.32 Å². The molecular weight excluding hydrogens is 374 g/mol. The van der Waals surface area contributed by atoms with Crippen LogP contribution in [0, 0.1) is 10.1 Å². The molecule has 0 bridgehead atoms. The van der Waals surface area contributed by atoms with E-state index in [1.54, 1.807) is 12.1 Å². The lowest BCUT2D eigenvalue weighted by Crippen LogP contribution is -2.13. The van der Waals surface area contributed by atoms with Crippen molar-refractivity contribution in [3.8, 4) is 5.75 Å². The SMILES string of the molecule is O=C(Nc1cccc(O)c1)c1ccc(C(=O)c2cc([N+](=O)[O-])ccc2Cl)[nH]1. The predicted molar refractivity (Wildman–Crippen MR) is 98.4 cm³/mol. The standard InChI is InChI=1S/C18H12ClN3O5/c19-14-5-4-11(22(26)27)9-13(14)17(24)15-6-7-16(21-15)18(25)20-10-2-1-3-12(23)8-10/h1-9,21,23H,(H,20,25). The number of nitro groups is 1. The highest BCUT2D eigenvalue weighted by atomic mass is 35.5. The predicted octanol–water partition coefficient (Wildman–Crippen LogP) is 3.77. The summed E-state index contributed by atoms with van der Waals surface area (Å²) in [7, 11) is 0. The highest BCUT2D eigenvalue weighted by molar-refractivity contribution is 6.35. The number of carbonyl (C=O) groups excluding carboxylic acids is 2. The number of aromatic amines is 1. The molecule has 3 rings (SSSR count). The van der Waals surface area contributed by atoms with E-state index in [9.17, 15) is 24.8 Å². The second-order valence-corrected chi connectivity index (χ2v) is 5.95. The Bertz CT molecular complexity index is 1060. The summed E-state index contributed by atoms with van der Waals surface area (Å²) in [5, 5.41) is 22.9. The van der Waals surface area contributed by atoms with Gasteiger partial charge < -0.3 is 15.4 Å². The number of ketones is 1. The molecule has 27 heavy (non-hydrogen) atoms. The minimum absolute atomic E-state index is 0.00420. The first-order chi connectivity index (χ1) is 12.8. The topological polar surface area (TPSA) is 125 Å². The summed E-state index contributed by atoms with van der Waals surface area (Å²) in [6, 6.07) is 12.3. The Balaban J connectivity index is 1.83. The zero-order chi connectivity index (χ0) is 19.6. The Morgan fingerprint density at radius 2 is 1.81 bits per heavy atom. The smallest absolute Gasteiger partial charge is 0.272 e. The van der Waals surface area contributed by atoms with Crippen molar-refractivity contribution in [1.29, 1.82) is 0 Å². The summed E-state index contributed by atoms with van der Waals surface area (Å²) in [4.78, 5) is 37.8. The van der Waals surface area contributed by atoms with Crippen molar-refractivity contribution in [2.45, 2.75) is 0 Å². The minimum Gasteiger partial charge on any atom is -0.508 e. The number of benzene rings is 2. The molecule has 0 aliphatic rings. The molecule has 9 heteroatoms. The van der Waals surface area contributed by atoms with Crippen LogP contribution in [-0.2, 0) is 0 Å². The first-order valence-electron chi connectivity index (χ1n) is 7.63. The number of nitrogens with zero attached hydrogens (tertiary/aromatic N) is 1. The lowest BCUT2D eigenvalue weighted by molar-refractivity contribution is -0.384. The van der Waals surface area contributed by atoms with Gasteiger partial charge in [0.25, 0.3) is 11.6 Å². The normalized spacial score (nSPS) is 10.4. The number of aromatic hydroxyl groups is 1. The van der Waals surface area contributed by atoms with E-state index in [-0.39, 0.29) is 33.4 Å². The van der Waals surface area contributed by atoms with Crippen molar-refractivity contribution in [3.63, 3.8) is 0 Å². The lowest BCUT2D eigenvalue weighted by Gasteiger charge is -2.04. The highest BCUT2D eigenvalue weighted by Crippen LogP contribution is 2.24. The van der Waals surface area contributed by atoms with E-state index in [2.05, 4.69) is 10.3 Å². The number of carbonyl (C=O) groups is 2. The van der Waals surface area contributed by atoms with Gasteiger partial charge in [0.15, 0.2) is 0 Å². The fourth-order valence-corrected chi connectivity index (χ4v) is 2.59. The van der Waals surface area contributed by atoms with Gasteiger partial charge in [-0.25, -0.2) is 0 Å². The van der Waals surface area contributed by atoms with E-state index in [4.69, 9.17) is 11.6 Å². The Labute approximate surface area is 157 Å². The summed E-state index contributed by atoms with van der Waals surface area (Å²) >= 11 is 5.98. The van der Waals surface area contributed by atoms with Gasteiger partial charge in [0.05, 0.1) is 15.6 Å². The van der Waals surface area contributed by atoms with Crippen molar-refractivity contribution in [2.24, 2.45) is 0 Å². The average Bonchev–Trinajstić information content (AvgIpc) is 3.11. The summed E-state index contributed by atoms with van der Waals surface area (Å²) < 4.78 is 0. The molecule has 0 spiro atoms. The molecule has 8 nitrogen and oxygen atoms in total. The van der Waals surface area contributed by atoms with Crippen LogP contribution in [0.3, 0.4) is 0 Å². The van der Waals surface area contributed by atoms with Crippen molar-refractivity contribution >= 4 is 34.7 Å². The fourth-order valence-electron chi connectivity index (χ4n) is 2.39. The van der Waals surface area contributed by atoms with Gasteiger partial charge in [-0.05, 0) is 30.3 Å². The quantitative estimate of drug-likeness (QED) is 0.350. The van der Waals surface area contributed by atoms with Crippen LogP contribution >= 0.6 is 11.6 Å². The van der Waals surface area contributed by atoms with E-state index >= 15 is 0 Å². The molecule has 0 saturated heterocycles. The molecule has 0 saturated carbocycles. The number of hydrogen-bond acceptors (Lipinski definition) is 5. The van der Waals surface area contributed by atoms with E-state index in [1.165, 1.54) is 36.4 Å². The van der Waals surface area contributed by atoms with E-state index < -0.39 is 16.6 Å². The minimum atomic E-state index is -0.629. The number of H-pyrrole nitrogens is 1. The summed E-state index contributed by atoms with van der Waals surface area (Å²) in [6.45, 7) is 0. The fraction of sp³-hybridized carbons (Fsp3) is 0. The molecule has 1 amide bonds. The third-order valence-corrected chi connectivity index (χ3v) is 4.01. The van der Waals surface area contributed by atoms with Gasteiger partial charge in [0.2, 0.25) is 5.78 Å². The van der Waals surface area contributed by atoms with Crippen molar-refractivity contribution in [1.82, 2.24) is 4.98 Å². The molecule has 3 aromatic rings. The monoisotopic (exact) mass is 385 g/mol. The van der Waals surface area contributed by atoms with Gasteiger partial charge in [0.1, 0.15) is 11.4 Å². The molecule has 0 unspecified atom stereocenters. The summed E-state index contributed by atoms with van der Waals surface area (Å²) in [5.41, 5.74) is 0.217. The van der Waals surface area contributed by atoms with Crippen LogP contribution in [0.5, 0.6) is 5.75 Å². The van der Waals surface area contributed by atoms with Crippen molar-refractivity contribution in [2.75, 3.05) is 5.32 Å². The van der Waals surface area contributed by atoms with E-state index in [0.29, 0.717) is 5.69 Å². The maximum Gasteiger partial charge on any atom is 0.272 e. The number of anilines is 1. The third-order valence-electron chi connectivity index (χ3n) is 3.68. The van der Waals surface area contributed by atoms with Gasteiger partial charge in [0, 0.05) is 29.4 Å². The number of nitro benzene ring substituents is 1. The zero-order valence-corrected chi connectivity index (χ0v) is 14.4. The van der Waals surface area contributed by atoms with Gasteiger partial charge in [-0.15, -0.1) is 0 Å². The number of aromatic nitrogens is 1. The van der Waals surface area contributed by atoms with E-state index in [1.807, 2.05) is 0 Å². The molecule has 0 aliphatic heterocycles. The van der Waals surface area contributed by atoms with Crippen LogP contribution in [0.2, 0.25) is 5.02 Å². The number of amides is 1. The van der Waals surface area contributed by atoms with Crippen LogP contribution in [-0.4, -0.2) is 26.7 Å². The average molecular weight is 386 g/mol. The molecule has 0 atom stereocenters. The zero-order valence-electron chi connectivity index (χ0n) is 13.6. The van der Waals surface area contributed by atoms with Gasteiger partial charge in [-0.2, -0.15) is 0 Å². The highest BCUT2D eigenvalue weighted by Gasteiger charge is 2.20. The lowest BCUT2D eigenvalue weighted by atomic mass is 10.1. The number of rotatable bonds is 5. The Morgan fingerprint density at radius 3 is 2.52 bits per heavy atom. The summed E-state index contributed by atoms with van der Waals surface area (Å²) in [6.07, 6.45) is 0. The van der Waals surface area contributed by atoms with Gasteiger partial charge in [-0.3, -0.25) is 19.7 Å². The van der Waals surface area contributed by atoms with Crippen molar-refractivity contribution in [3.05, 3.63) is 86.7 Å². The number of hydrogen-bond donors (Lipinski definition) is 3. The third kappa shape index (κ3) is 3.96. The first-order valence-corrected chi connectivity index (χ1v) is 8.01. The number of halogens is 1. The maximum atomic E-state index is 12.6. The van der Waals surface area contributed by atoms with Crippen molar-refractivity contribution < 1.29 is 19.6 Å². The maximum absolute atomic E-state index is 12.6. The number of non-ortho nitro benzene ring substituents is 1. The number of phenolic OH excluding ortho intramolecular Hbond substituents is 1. The van der Waals surface area contributed by atoms with Crippen LogP contribution in [0.1, 0.15) is 26.5 Å². The van der Waals surface area contributed by atoms with E-state index in [0.717, 1.165) is 6.07 Å². The second-order valence-electron chi connectivity index (χ2n) is 5.54. The van der Waals surface area contributed by atoms with Crippen LogP contribution in [0.4, 0.5) is 11.4 Å². The largest absolute Gasteiger partial charge is 0.508 e. The molecule has 3 N–H and O–H groups in total. The Morgan fingerprint density at radius 1 is 1.07 bits per heavy atom.